The molecular formula is C22H27N3O2S. The molecule has 0 aliphatic carbocycles. The van der Waals surface area contributed by atoms with E-state index in [1.165, 1.54) is 11.1 Å². The van der Waals surface area contributed by atoms with Gasteiger partial charge < -0.3 is 15.0 Å². The van der Waals surface area contributed by atoms with Gasteiger partial charge in [0.15, 0.2) is 0 Å². The highest BCUT2D eigenvalue weighted by Crippen LogP contribution is 2.26. The van der Waals surface area contributed by atoms with Gasteiger partial charge in [-0.05, 0) is 54.7 Å². The van der Waals surface area contributed by atoms with Crippen molar-refractivity contribution in [3.05, 3.63) is 63.3 Å². The van der Waals surface area contributed by atoms with Crippen molar-refractivity contribution in [3.8, 4) is 5.75 Å². The highest BCUT2D eigenvalue weighted by molar-refractivity contribution is 7.98. The minimum atomic E-state index is 0.0627. The largest absolute Gasteiger partial charge is 0.497 e. The first-order valence-corrected chi connectivity index (χ1v) is 11.1. The minimum Gasteiger partial charge on any atom is -0.497 e. The molecule has 4 rings (SSSR count). The van der Waals surface area contributed by atoms with Crippen LogP contribution < -0.4 is 15.6 Å². The Hall–Kier alpha value is -2.05. The summed E-state index contributed by atoms with van der Waals surface area (Å²) < 4.78 is 5.25. The van der Waals surface area contributed by atoms with Crippen LogP contribution >= 0.6 is 11.8 Å². The lowest BCUT2D eigenvalue weighted by atomic mass is 9.92. The smallest absolute Gasteiger partial charge is 0.255 e. The Morgan fingerprint density at radius 2 is 2.14 bits per heavy atom. The molecule has 0 radical (unpaired) electrons. The Kier molecular flexibility index (Phi) is 6.17. The second-order valence-corrected chi connectivity index (χ2v) is 8.51. The number of aromatic amines is 1. The Labute approximate surface area is 170 Å². The molecule has 1 aromatic carbocycles. The topological polar surface area (TPSA) is 67.0 Å². The maximum atomic E-state index is 12.3. The van der Waals surface area contributed by atoms with Crippen molar-refractivity contribution in [3.63, 3.8) is 0 Å². The van der Waals surface area contributed by atoms with Crippen molar-refractivity contribution in [1.82, 2.24) is 15.3 Å². The molecule has 0 amide bonds. The number of thioether (sulfide) groups is 1. The van der Waals surface area contributed by atoms with Gasteiger partial charge in [-0.3, -0.25) is 4.79 Å². The van der Waals surface area contributed by atoms with Gasteiger partial charge in [-0.25, -0.2) is 4.98 Å². The van der Waals surface area contributed by atoms with Crippen LogP contribution in [-0.4, -0.2) is 35.4 Å². The van der Waals surface area contributed by atoms with E-state index in [9.17, 15) is 4.79 Å². The number of hydrogen-bond acceptors (Lipinski definition) is 5. The molecule has 2 N–H and O–H groups in total. The van der Waals surface area contributed by atoms with Crippen LogP contribution in [0.5, 0.6) is 5.75 Å². The Morgan fingerprint density at radius 3 is 2.96 bits per heavy atom. The molecule has 3 heterocycles. The first-order chi connectivity index (χ1) is 13.7. The van der Waals surface area contributed by atoms with Crippen molar-refractivity contribution in [2.45, 2.75) is 43.9 Å². The van der Waals surface area contributed by atoms with Crippen molar-refractivity contribution in [2.75, 3.05) is 19.4 Å². The molecule has 28 heavy (non-hydrogen) atoms. The number of aryl methyl sites for hydroxylation is 2. The van der Waals surface area contributed by atoms with E-state index < -0.39 is 0 Å². The molecule has 2 aliphatic rings. The first-order valence-electron chi connectivity index (χ1n) is 9.98. The zero-order chi connectivity index (χ0) is 19.3. The van der Waals surface area contributed by atoms with E-state index in [1.807, 2.05) is 23.9 Å². The zero-order valence-corrected chi connectivity index (χ0v) is 17.1. The number of aromatic nitrogens is 2. The van der Waals surface area contributed by atoms with Crippen molar-refractivity contribution >= 4 is 17.3 Å². The average molecular weight is 398 g/mol. The summed E-state index contributed by atoms with van der Waals surface area (Å²) in [4.78, 5) is 20.0. The van der Waals surface area contributed by atoms with Gasteiger partial charge in [-0.1, -0.05) is 18.2 Å². The number of hydrogen-bond donors (Lipinski definition) is 2. The van der Waals surface area contributed by atoms with Crippen LogP contribution in [0.1, 0.15) is 41.9 Å². The Balaban J connectivity index is 1.32. The predicted molar refractivity (Wildman–Crippen MR) is 115 cm³/mol. The minimum absolute atomic E-state index is 0.0627. The summed E-state index contributed by atoms with van der Waals surface area (Å²) in [5, 5.41) is 3.59. The highest BCUT2D eigenvalue weighted by atomic mass is 32.2. The molecule has 0 spiro atoms. The number of rotatable bonds is 6. The van der Waals surface area contributed by atoms with Gasteiger partial charge >= 0.3 is 0 Å². The lowest BCUT2D eigenvalue weighted by Gasteiger charge is -2.24. The van der Waals surface area contributed by atoms with Gasteiger partial charge in [0, 0.05) is 30.3 Å². The Bertz CT molecular complexity index is 905. The monoisotopic (exact) mass is 397 g/mol. The third kappa shape index (κ3) is 4.50. The number of nitrogens with one attached hydrogen (secondary N) is 2. The average Bonchev–Trinajstić information content (AvgIpc) is 2.74. The molecule has 0 bridgehead atoms. The SMILES string of the molecule is COc1ccc(C2=CCNC(CCCc3nc4c(c(=O)[nH]3)CSCC4)C2)cc1. The summed E-state index contributed by atoms with van der Waals surface area (Å²) >= 11 is 1.81. The molecular weight excluding hydrogens is 370 g/mol. The van der Waals surface area contributed by atoms with Gasteiger partial charge in [-0.15, -0.1) is 0 Å². The number of benzene rings is 1. The van der Waals surface area contributed by atoms with Gasteiger partial charge in [0.2, 0.25) is 0 Å². The van der Waals surface area contributed by atoms with Gasteiger partial charge in [0.25, 0.3) is 5.56 Å². The van der Waals surface area contributed by atoms with Crippen LogP contribution in [0.15, 0.2) is 35.1 Å². The van der Waals surface area contributed by atoms with Gasteiger partial charge in [0.05, 0.1) is 12.8 Å². The summed E-state index contributed by atoms with van der Waals surface area (Å²) in [6.45, 7) is 0.900. The van der Waals surface area contributed by atoms with Crippen LogP contribution in [0, 0.1) is 0 Å². The van der Waals surface area contributed by atoms with Crippen molar-refractivity contribution in [2.24, 2.45) is 0 Å². The van der Waals surface area contributed by atoms with Crippen molar-refractivity contribution in [1.29, 1.82) is 0 Å². The predicted octanol–water partition coefficient (Wildman–Crippen LogP) is 3.34. The number of fused-ring (bicyclic) bond motifs is 1. The van der Waals surface area contributed by atoms with Gasteiger partial charge in [0.1, 0.15) is 11.6 Å². The van der Waals surface area contributed by atoms with Crippen LogP contribution in [0.2, 0.25) is 0 Å². The molecule has 0 saturated carbocycles. The lowest BCUT2D eigenvalue weighted by Crippen LogP contribution is -2.33. The quantitative estimate of drug-likeness (QED) is 0.783. The van der Waals surface area contributed by atoms with Crippen LogP contribution in [0.4, 0.5) is 0 Å². The molecule has 0 fully saturated rings. The van der Waals surface area contributed by atoms with E-state index >= 15 is 0 Å². The van der Waals surface area contributed by atoms with Gasteiger partial charge in [-0.2, -0.15) is 11.8 Å². The first kappa shape index (κ1) is 19.3. The summed E-state index contributed by atoms with van der Waals surface area (Å²) in [7, 11) is 1.69. The molecule has 2 aromatic rings. The second-order valence-electron chi connectivity index (χ2n) is 7.40. The molecule has 6 heteroatoms. The van der Waals surface area contributed by atoms with E-state index in [-0.39, 0.29) is 5.56 Å². The molecule has 5 nitrogen and oxygen atoms in total. The van der Waals surface area contributed by atoms with E-state index in [0.717, 1.165) is 73.0 Å². The lowest BCUT2D eigenvalue weighted by molar-refractivity contribution is 0.414. The molecule has 1 atom stereocenters. The third-order valence-corrected chi connectivity index (χ3v) is 6.51. The fraction of sp³-hybridized carbons (Fsp3) is 0.455. The third-order valence-electron chi connectivity index (χ3n) is 5.53. The van der Waals surface area contributed by atoms with E-state index in [2.05, 4.69) is 28.5 Å². The fourth-order valence-corrected chi connectivity index (χ4v) is 4.93. The van der Waals surface area contributed by atoms with Crippen LogP contribution in [0.25, 0.3) is 5.57 Å². The number of methoxy groups -OCH3 is 1. The molecule has 2 aliphatic heterocycles. The Morgan fingerprint density at radius 1 is 1.29 bits per heavy atom. The van der Waals surface area contributed by atoms with Crippen LogP contribution in [-0.2, 0) is 18.6 Å². The molecule has 148 valence electrons. The standard InChI is InChI=1S/C22H27N3O2S/c1-27-18-7-5-15(6-8-18)16-9-11-23-17(13-16)3-2-4-21-24-20-10-12-28-14-19(20)22(26)25-21/h5-9,17,23H,2-4,10-14H2,1H3,(H,24,25,26). The molecule has 1 aromatic heterocycles. The molecule has 0 saturated heterocycles. The van der Waals surface area contributed by atoms with E-state index in [4.69, 9.17) is 9.72 Å². The van der Waals surface area contributed by atoms with E-state index in [1.54, 1.807) is 7.11 Å². The second kappa shape index (κ2) is 8.97. The van der Waals surface area contributed by atoms with Crippen molar-refractivity contribution < 1.29 is 4.74 Å². The molecule has 1 unspecified atom stereocenters. The summed E-state index contributed by atoms with van der Waals surface area (Å²) in [6, 6.07) is 8.76. The summed E-state index contributed by atoms with van der Waals surface area (Å²) in [6.07, 6.45) is 7.14. The maximum Gasteiger partial charge on any atom is 0.255 e. The number of ether oxygens (including phenoxy) is 1. The fourth-order valence-electron chi connectivity index (χ4n) is 3.94. The highest BCUT2D eigenvalue weighted by Gasteiger charge is 2.18. The summed E-state index contributed by atoms with van der Waals surface area (Å²) in [5.41, 5.74) is 4.61. The van der Waals surface area contributed by atoms with Crippen LogP contribution in [0.3, 0.4) is 0 Å². The van der Waals surface area contributed by atoms with E-state index in [0.29, 0.717) is 6.04 Å². The number of nitrogens with zero attached hydrogens (tertiary/aromatic N) is 1. The summed E-state index contributed by atoms with van der Waals surface area (Å²) in [5.74, 6) is 3.59. The normalized spacial score (nSPS) is 19.0. The maximum absolute atomic E-state index is 12.3. The number of H-pyrrole nitrogens is 1. The zero-order valence-electron chi connectivity index (χ0n) is 16.3.